The van der Waals surface area contributed by atoms with E-state index in [0.717, 1.165) is 24.5 Å². The Hall–Kier alpha value is -1.02. The quantitative estimate of drug-likeness (QED) is 0.863. The standard InChI is InChI=1S/C16H25NO/c1-4-12-8-9-16(18-3)14(10-12)11-13-6-5-7-15(13)17-2/h8-10,13,15,17H,4-7,11H2,1-3H3. The molecule has 2 heteroatoms. The average molecular weight is 247 g/mol. The van der Waals surface area contributed by atoms with E-state index in [1.54, 1.807) is 7.11 Å². The Morgan fingerprint density at radius 1 is 1.33 bits per heavy atom. The van der Waals surface area contributed by atoms with Crippen molar-refractivity contribution in [2.45, 2.75) is 45.1 Å². The van der Waals surface area contributed by atoms with Crippen molar-refractivity contribution in [2.75, 3.05) is 14.2 Å². The van der Waals surface area contributed by atoms with Crippen LogP contribution in [-0.4, -0.2) is 20.2 Å². The zero-order valence-corrected chi connectivity index (χ0v) is 11.8. The largest absolute Gasteiger partial charge is 0.496 e. The van der Waals surface area contributed by atoms with Gasteiger partial charge in [-0.3, -0.25) is 0 Å². The van der Waals surface area contributed by atoms with Gasteiger partial charge in [0.2, 0.25) is 0 Å². The molecule has 0 heterocycles. The van der Waals surface area contributed by atoms with Crippen LogP contribution in [0.1, 0.15) is 37.3 Å². The molecule has 0 saturated heterocycles. The van der Waals surface area contributed by atoms with E-state index >= 15 is 0 Å². The summed E-state index contributed by atoms with van der Waals surface area (Å²) in [5, 5.41) is 3.46. The van der Waals surface area contributed by atoms with E-state index in [1.807, 2.05) is 0 Å². The molecule has 1 aromatic carbocycles. The maximum Gasteiger partial charge on any atom is 0.122 e. The predicted octanol–water partition coefficient (Wildman–Crippen LogP) is 3.19. The third-order valence-electron chi connectivity index (χ3n) is 4.27. The summed E-state index contributed by atoms with van der Waals surface area (Å²) in [7, 11) is 3.86. The molecule has 0 amide bonds. The van der Waals surface area contributed by atoms with E-state index in [1.165, 1.54) is 30.4 Å². The van der Waals surface area contributed by atoms with Gasteiger partial charge in [0.05, 0.1) is 7.11 Å². The van der Waals surface area contributed by atoms with E-state index in [9.17, 15) is 0 Å². The second kappa shape index (κ2) is 6.24. The topological polar surface area (TPSA) is 21.3 Å². The van der Waals surface area contributed by atoms with Crippen LogP contribution < -0.4 is 10.1 Å². The van der Waals surface area contributed by atoms with Crippen molar-refractivity contribution < 1.29 is 4.74 Å². The zero-order valence-electron chi connectivity index (χ0n) is 11.8. The molecule has 0 aliphatic heterocycles. The summed E-state index contributed by atoms with van der Waals surface area (Å²) in [6.07, 6.45) is 6.24. The lowest BCUT2D eigenvalue weighted by atomic mass is 9.93. The third kappa shape index (κ3) is 2.86. The van der Waals surface area contributed by atoms with Crippen LogP contribution in [0.25, 0.3) is 0 Å². The molecule has 0 radical (unpaired) electrons. The van der Waals surface area contributed by atoms with Crippen LogP contribution in [0.3, 0.4) is 0 Å². The summed E-state index contributed by atoms with van der Waals surface area (Å²) in [5.74, 6) is 1.81. The summed E-state index contributed by atoms with van der Waals surface area (Å²) in [5.41, 5.74) is 2.79. The van der Waals surface area contributed by atoms with Crippen molar-refractivity contribution >= 4 is 0 Å². The average Bonchev–Trinajstić information content (AvgIpc) is 2.86. The Bertz CT molecular complexity index is 389. The van der Waals surface area contributed by atoms with Gasteiger partial charge in [0.25, 0.3) is 0 Å². The zero-order chi connectivity index (χ0) is 13.0. The Balaban J connectivity index is 2.16. The lowest BCUT2D eigenvalue weighted by Crippen LogP contribution is -2.30. The first kappa shape index (κ1) is 13.4. The monoisotopic (exact) mass is 247 g/mol. The van der Waals surface area contributed by atoms with E-state index in [4.69, 9.17) is 4.74 Å². The Kier molecular flexibility index (Phi) is 4.65. The summed E-state index contributed by atoms with van der Waals surface area (Å²) in [6.45, 7) is 2.21. The number of benzene rings is 1. The summed E-state index contributed by atoms with van der Waals surface area (Å²) >= 11 is 0. The van der Waals surface area contributed by atoms with Gasteiger partial charge in [-0.1, -0.05) is 25.5 Å². The second-order valence-electron chi connectivity index (χ2n) is 5.29. The highest BCUT2D eigenvalue weighted by molar-refractivity contribution is 5.37. The number of aryl methyl sites for hydroxylation is 1. The van der Waals surface area contributed by atoms with Gasteiger partial charge in [0.15, 0.2) is 0 Å². The fraction of sp³-hybridized carbons (Fsp3) is 0.625. The number of rotatable bonds is 5. The summed E-state index contributed by atoms with van der Waals surface area (Å²) in [6, 6.07) is 7.30. The van der Waals surface area contributed by atoms with Crippen LogP contribution in [0.4, 0.5) is 0 Å². The minimum Gasteiger partial charge on any atom is -0.496 e. The first-order valence-corrected chi connectivity index (χ1v) is 7.11. The van der Waals surface area contributed by atoms with Gasteiger partial charge >= 0.3 is 0 Å². The maximum absolute atomic E-state index is 5.50. The molecule has 2 rings (SSSR count). The predicted molar refractivity (Wildman–Crippen MR) is 76.3 cm³/mol. The van der Waals surface area contributed by atoms with Crippen molar-refractivity contribution in [1.29, 1.82) is 0 Å². The minimum atomic E-state index is 0.681. The van der Waals surface area contributed by atoms with Crippen LogP contribution >= 0.6 is 0 Å². The van der Waals surface area contributed by atoms with Crippen LogP contribution in [0.5, 0.6) is 5.75 Å². The fourth-order valence-electron chi connectivity index (χ4n) is 3.16. The minimum absolute atomic E-state index is 0.681. The number of hydrogen-bond acceptors (Lipinski definition) is 2. The molecule has 2 nitrogen and oxygen atoms in total. The Labute approximate surface area is 111 Å². The van der Waals surface area contributed by atoms with E-state index in [-0.39, 0.29) is 0 Å². The number of nitrogens with one attached hydrogen (secondary N) is 1. The van der Waals surface area contributed by atoms with Crippen molar-refractivity contribution in [3.8, 4) is 5.75 Å². The molecule has 1 aromatic rings. The molecule has 2 atom stereocenters. The highest BCUT2D eigenvalue weighted by Crippen LogP contribution is 2.32. The molecule has 18 heavy (non-hydrogen) atoms. The first-order valence-electron chi connectivity index (χ1n) is 7.11. The molecule has 1 aliphatic rings. The summed E-state index contributed by atoms with van der Waals surface area (Å²) < 4.78 is 5.50. The number of methoxy groups -OCH3 is 1. The molecule has 1 aliphatic carbocycles. The molecular weight excluding hydrogens is 222 g/mol. The number of ether oxygens (including phenoxy) is 1. The Morgan fingerprint density at radius 2 is 2.17 bits per heavy atom. The van der Waals surface area contributed by atoms with Crippen LogP contribution in [0.15, 0.2) is 18.2 Å². The van der Waals surface area contributed by atoms with Crippen LogP contribution in [0, 0.1) is 5.92 Å². The van der Waals surface area contributed by atoms with Crippen molar-refractivity contribution in [3.63, 3.8) is 0 Å². The van der Waals surface area contributed by atoms with Gasteiger partial charge in [-0.15, -0.1) is 0 Å². The molecule has 1 saturated carbocycles. The SMILES string of the molecule is CCc1ccc(OC)c(CC2CCCC2NC)c1. The van der Waals surface area contributed by atoms with Gasteiger partial charge in [0, 0.05) is 6.04 Å². The normalized spacial score (nSPS) is 23.3. The van der Waals surface area contributed by atoms with E-state index in [2.05, 4.69) is 37.5 Å². The van der Waals surface area contributed by atoms with Crippen LogP contribution in [0.2, 0.25) is 0 Å². The molecule has 1 fully saturated rings. The molecule has 0 spiro atoms. The van der Waals surface area contributed by atoms with Gasteiger partial charge in [-0.25, -0.2) is 0 Å². The lowest BCUT2D eigenvalue weighted by Gasteiger charge is -2.20. The second-order valence-corrected chi connectivity index (χ2v) is 5.29. The van der Waals surface area contributed by atoms with Gasteiger partial charge in [0.1, 0.15) is 5.75 Å². The molecule has 1 N–H and O–H groups in total. The highest BCUT2D eigenvalue weighted by Gasteiger charge is 2.26. The fourth-order valence-corrected chi connectivity index (χ4v) is 3.16. The van der Waals surface area contributed by atoms with Crippen molar-refractivity contribution in [3.05, 3.63) is 29.3 Å². The van der Waals surface area contributed by atoms with Gasteiger partial charge < -0.3 is 10.1 Å². The first-order chi connectivity index (χ1) is 8.78. The van der Waals surface area contributed by atoms with E-state index < -0.39 is 0 Å². The maximum atomic E-state index is 5.50. The van der Waals surface area contributed by atoms with Crippen molar-refractivity contribution in [2.24, 2.45) is 5.92 Å². The van der Waals surface area contributed by atoms with Crippen LogP contribution in [-0.2, 0) is 12.8 Å². The van der Waals surface area contributed by atoms with E-state index in [0.29, 0.717) is 6.04 Å². The third-order valence-corrected chi connectivity index (χ3v) is 4.27. The molecular formula is C16H25NO. The molecule has 2 unspecified atom stereocenters. The van der Waals surface area contributed by atoms with Crippen molar-refractivity contribution in [1.82, 2.24) is 5.32 Å². The number of hydrogen-bond donors (Lipinski definition) is 1. The lowest BCUT2D eigenvalue weighted by molar-refractivity contribution is 0.390. The molecule has 100 valence electrons. The highest BCUT2D eigenvalue weighted by atomic mass is 16.5. The molecule has 0 bridgehead atoms. The smallest absolute Gasteiger partial charge is 0.122 e. The Morgan fingerprint density at radius 3 is 2.83 bits per heavy atom. The van der Waals surface area contributed by atoms with Gasteiger partial charge in [-0.05, 0) is 55.8 Å². The summed E-state index contributed by atoms with van der Waals surface area (Å²) in [4.78, 5) is 0. The molecule has 0 aromatic heterocycles. The van der Waals surface area contributed by atoms with Gasteiger partial charge in [-0.2, -0.15) is 0 Å².